The molecular formula is C20H44O2Si2. The van der Waals surface area contributed by atoms with Crippen LogP contribution in [-0.2, 0) is 9.16 Å². The first-order valence-corrected chi connectivity index (χ1v) is 15.4. The predicted molar refractivity (Wildman–Crippen MR) is 112 cm³/mol. The van der Waals surface area contributed by atoms with E-state index in [0.29, 0.717) is 12.2 Å². The second-order valence-electron chi connectivity index (χ2n) is 10.5. The van der Waals surface area contributed by atoms with E-state index in [1.165, 1.54) is 12.5 Å². The Balaban J connectivity index is 2.56. The molecule has 1 heterocycles. The van der Waals surface area contributed by atoms with Gasteiger partial charge in [0.25, 0.3) is 0 Å². The summed E-state index contributed by atoms with van der Waals surface area (Å²) in [5.74, 6) is 0. The first-order valence-electron chi connectivity index (χ1n) is 10.0. The molecule has 0 N–H and O–H groups in total. The van der Waals surface area contributed by atoms with Crippen LogP contribution in [0.2, 0.25) is 40.8 Å². The van der Waals surface area contributed by atoms with Crippen molar-refractivity contribution in [3.8, 4) is 0 Å². The van der Waals surface area contributed by atoms with Crippen LogP contribution in [0.3, 0.4) is 0 Å². The highest BCUT2D eigenvalue weighted by molar-refractivity contribution is 6.83. The van der Waals surface area contributed by atoms with E-state index in [-0.39, 0.29) is 5.04 Å². The van der Waals surface area contributed by atoms with Crippen molar-refractivity contribution in [3.63, 3.8) is 0 Å². The van der Waals surface area contributed by atoms with Crippen molar-refractivity contribution < 1.29 is 9.16 Å². The number of ether oxygens (including phenoxy) is 1. The Morgan fingerprint density at radius 2 is 1.33 bits per heavy atom. The molecule has 0 unspecified atom stereocenters. The van der Waals surface area contributed by atoms with Crippen LogP contribution in [0.1, 0.15) is 68.7 Å². The molecule has 1 aliphatic rings. The van der Waals surface area contributed by atoms with E-state index in [0.717, 1.165) is 23.2 Å². The highest BCUT2D eigenvalue weighted by Crippen LogP contribution is 2.47. The molecular weight excluding hydrogens is 328 g/mol. The van der Waals surface area contributed by atoms with E-state index < -0.39 is 16.4 Å². The van der Waals surface area contributed by atoms with Crippen molar-refractivity contribution in [2.75, 3.05) is 6.61 Å². The van der Waals surface area contributed by atoms with Gasteiger partial charge in [0.2, 0.25) is 0 Å². The highest BCUT2D eigenvalue weighted by atomic mass is 28.4. The zero-order chi connectivity index (χ0) is 18.9. The Hall–Kier alpha value is 0.354. The summed E-state index contributed by atoms with van der Waals surface area (Å²) in [5, 5.41) is 0.283. The highest BCUT2D eigenvalue weighted by Gasteiger charge is 2.47. The SMILES string of the molecule is CC(C)[Si](C[C@@H]1C[C@@H](CO[Si](C)(C)C(C)(C)C)O1)(C(C)C)C(C)C. The quantitative estimate of drug-likeness (QED) is 0.434. The first kappa shape index (κ1) is 22.4. The average molecular weight is 373 g/mol. The maximum Gasteiger partial charge on any atom is 0.192 e. The Morgan fingerprint density at radius 3 is 1.67 bits per heavy atom. The third kappa shape index (κ3) is 4.74. The number of rotatable bonds is 8. The lowest BCUT2D eigenvalue weighted by Crippen LogP contribution is -2.53. The van der Waals surface area contributed by atoms with Crippen LogP contribution in [0, 0.1) is 0 Å². The zero-order valence-electron chi connectivity index (χ0n) is 18.3. The Labute approximate surface area is 154 Å². The molecule has 1 rings (SSSR count). The van der Waals surface area contributed by atoms with Crippen molar-refractivity contribution >= 4 is 16.4 Å². The van der Waals surface area contributed by atoms with E-state index in [1.807, 2.05) is 0 Å². The smallest absolute Gasteiger partial charge is 0.192 e. The molecule has 0 spiro atoms. The molecule has 4 heteroatoms. The maximum absolute atomic E-state index is 6.34. The van der Waals surface area contributed by atoms with Gasteiger partial charge in [-0.2, -0.15) is 0 Å². The Morgan fingerprint density at radius 1 is 0.917 bits per heavy atom. The molecule has 0 saturated carbocycles. The summed E-state index contributed by atoms with van der Waals surface area (Å²) in [6.45, 7) is 27.1. The summed E-state index contributed by atoms with van der Waals surface area (Å²) in [7, 11) is -2.98. The second-order valence-corrected chi connectivity index (χ2v) is 21.4. The molecule has 0 aromatic heterocycles. The predicted octanol–water partition coefficient (Wildman–Crippen LogP) is 6.84. The molecule has 0 radical (unpaired) electrons. The van der Waals surface area contributed by atoms with E-state index in [9.17, 15) is 0 Å². The van der Waals surface area contributed by atoms with Crippen molar-refractivity contribution in [1.82, 2.24) is 0 Å². The summed E-state index contributed by atoms with van der Waals surface area (Å²) in [6, 6.07) is 1.33. The van der Waals surface area contributed by atoms with E-state index >= 15 is 0 Å². The lowest BCUT2D eigenvalue weighted by atomic mass is 10.1. The fraction of sp³-hybridized carbons (Fsp3) is 1.00. The summed E-state index contributed by atoms with van der Waals surface area (Å²) in [6.07, 6.45) is 2.02. The maximum atomic E-state index is 6.34. The fourth-order valence-corrected chi connectivity index (χ4v) is 11.9. The third-order valence-electron chi connectivity index (χ3n) is 7.15. The van der Waals surface area contributed by atoms with Crippen LogP contribution in [-0.4, -0.2) is 35.2 Å². The summed E-state index contributed by atoms with van der Waals surface area (Å²) < 4.78 is 12.6. The van der Waals surface area contributed by atoms with Crippen LogP contribution >= 0.6 is 0 Å². The van der Waals surface area contributed by atoms with Crippen LogP contribution in [0.4, 0.5) is 0 Å². The molecule has 0 aliphatic carbocycles. The van der Waals surface area contributed by atoms with Gasteiger partial charge >= 0.3 is 0 Å². The van der Waals surface area contributed by atoms with Gasteiger partial charge in [-0.25, -0.2) is 0 Å². The van der Waals surface area contributed by atoms with Gasteiger partial charge in [0.15, 0.2) is 8.32 Å². The first-order chi connectivity index (χ1) is 10.7. The molecule has 1 fully saturated rings. The van der Waals surface area contributed by atoms with Crippen LogP contribution < -0.4 is 0 Å². The van der Waals surface area contributed by atoms with Crippen LogP contribution in [0.15, 0.2) is 0 Å². The lowest BCUT2D eigenvalue weighted by molar-refractivity contribution is -0.131. The second kappa shape index (κ2) is 7.93. The van der Waals surface area contributed by atoms with E-state index in [4.69, 9.17) is 9.16 Å². The third-order valence-corrected chi connectivity index (χ3v) is 19.3. The Kier molecular flexibility index (Phi) is 7.40. The van der Waals surface area contributed by atoms with E-state index in [1.54, 1.807) is 0 Å². The minimum atomic E-state index is -1.64. The molecule has 1 saturated heterocycles. The largest absolute Gasteiger partial charge is 0.414 e. The molecule has 0 aromatic rings. The summed E-state index contributed by atoms with van der Waals surface area (Å²) in [5.41, 5.74) is 2.47. The van der Waals surface area contributed by atoms with Gasteiger partial charge in [-0.1, -0.05) is 78.9 Å². The van der Waals surface area contributed by atoms with Crippen molar-refractivity contribution in [2.45, 2.75) is 122 Å². The molecule has 24 heavy (non-hydrogen) atoms. The van der Waals surface area contributed by atoms with Gasteiger partial charge in [0.1, 0.15) is 0 Å². The molecule has 144 valence electrons. The van der Waals surface area contributed by atoms with E-state index in [2.05, 4.69) is 75.4 Å². The topological polar surface area (TPSA) is 18.5 Å². The normalized spacial score (nSPS) is 23.2. The number of hydrogen-bond donors (Lipinski definition) is 0. The minimum Gasteiger partial charge on any atom is -0.414 e. The van der Waals surface area contributed by atoms with Gasteiger partial charge in [-0.05, 0) is 24.2 Å². The summed E-state index contributed by atoms with van der Waals surface area (Å²) in [4.78, 5) is 0. The van der Waals surface area contributed by atoms with Crippen LogP contribution in [0.25, 0.3) is 0 Å². The lowest BCUT2D eigenvalue weighted by Gasteiger charge is -2.49. The van der Waals surface area contributed by atoms with Gasteiger partial charge < -0.3 is 9.16 Å². The van der Waals surface area contributed by atoms with Gasteiger partial charge in [-0.3, -0.25) is 0 Å². The summed E-state index contributed by atoms with van der Waals surface area (Å²) >= 11 is 0. The molecule has 0 aromatic carbocycles. The zero-order valence-corrected chi connectivity index (χ0v) is 20.3. The molecule has 0 amide bonds. The minimum absolute atomic E-state index is 0.283. The molecule has 2 nitrogen and oxygen atoms in total. The molecule has 0 bridgehead atoms. The molecule has 2 atom stereocenters. The van der Waals surface area contributed by atoms with Gasteiger partial charge in [0, 0.05) is 6.42 Å². The van der Waals surface area contributed by atoms with Gasteiger partial charge in [0.05, 0.1) is 26.9 Å². The Bertz CT molecular complexity index is 369. The van der Waals surface area contributed by atoms with Crippen molar-refractivity contribution in [3.05, 3.63) is 0 Å². The van der Waals surface area contributed by atoms with Gasteiger partial charge in [-0.15, -0.1) is 0 Å². The van der Waals surface area contributed by atoms with Crippen LogP contribution in [0.5, 0.6) is 0 Å². The standard InChI is InChI=1S/C20H44O2Si2/c1-15(2)24(16(3)4,17(5)6)14-19-12-18(22-19)13-21-23(10,11)20(7,8)9/h15-19H,12-14H2,1-11H3/t18-,19-/m0/s1. The average Bonchev–Trinajstić information content (AvgIpc) is 2.33. The monoisotopic (exact) mass is 372 g/mol. The fourth-order valence-electron chi connectivity index (χ4n) is 4.41. The van der Waals surface area contributed by atoms with Crippen molar-refractivity contribution in [1.29, 1.82) is 0 Å². The number of hydrogen-bond acceptors (Lipinski definition) is 2. The molecule has 1 aliphatic heterocycles. The van der Waals surface area contributed by atoms with Crippen molar-refractivity contribution in [2.24, 2.45) is 0 Å².